The van der Waals surface area contributed by atoms with Gasteiger partial charge in [0.05, 0.1) is 6.54 Å². The fraction of sp³-hybridized carbons (Fsp3) is 0.500. The second kappa shape index (κ2) is 6.83. The van der Waals surface area contributed by atoms with Gasteiger partial charge < -0.3 is 9.84 Å². The first-order chi connectivity index (χ1) is 10.3. The first-order valence-electron chi connectivity index (χ1n) is 7.58. The first-order valence-corrected chi connectivity index (χ1v) is 7.58. The van der Waals surface area contributed by atoms with E-state index in [-0.39, 0.29) is 0 Å². The number of piperidine rings is 1. The van der Waals surface area contributed by atoms with E-state index in [1.165, 1.54) is 24.9 Å². The van der Waals surface area contributed by atoms with Crippen molar-refractivity contribution in [3.63, 3.8) is 0 Å². The third-order valence-electron chi connectivity index (χ3n) is 3.87. The van der Waals surface area contributed by atoms with Gasteiger partial charge in [0, 0.05) is 19.1 Å². The van der Waals surface area contributed by atoms with Crippen molar-refractivity contribution in [2.75, 3.05) is 13.1 Å². The zero-order valence-corrected chi connectivity index (χ0v) is 12.5. The highest BCUT2D eigenvalue weighted by atomic mass is 16.5. The third-order valence-corrected chi connectivity index (χ3v) is 3.87. The molecule has 1 aliphatic heterocycles. The van der Waals surface area contributed by atoms with Crippen LogP contribution in [0.25, 0.3) is 0 Å². The Morgan fingerprint density at radius 1 is 1.33 bits per heavy atom. The molecule has 1 unspecified atom stereocenters. The summed E-state index contributed by atoms with van der Waals surface area (Å²) in [4.78, 5) is 6.74. The number of benzene rings is 1. The van der Waals surface area contributed by atoms with E-state index in [1.807, 2.05) is 6.92 Å². The van der Waals surface area contributed by atoms with Crippen LogP contribution in [0.2, 0.25) is 0 Å². The summed E-state index contributed by atoms with van der Waals surface area (Å²) >= 11 is 0. The fourth-order valence-electron chi connectivity index (χ4n) is 2.85. The lowest BCUT2D eigenvalue weighted by Crippen LogP contribution is -2.45. The van der Waals surface area contributed by atoms with Gasteiger partial charge in [0.25, 0.3) is 0 Å². The molecule has 0 radical (unpaired) electrons. The van der Waals surface area contributed by atoms with Crippen LogP contribution in [-0.2, 0) is 13.1 Å². The fourth-order valence-corrected chi connectivity index (χ4v) is 2.85. The lowest BCUT2D eigenvalue weighted by atomic mass is 10.0. The van der Waals surface area contributed by atoms with Crippen LogP contribution >= 0.6 is 0 Å². The van der Waals surface area contributed by atoms with E-state index in [0.29, 0.717) is 24.3 Å². The van der Waals surface area contributed by atoms with Crippen molar-refractivity contribution in [3.8, 4) is 0 Å². The Bertz CT molecular complexity index is 554. The molecule has 1 saturated heterocycles. The van der Waals surface area contributed by atoms with Crippen LogP contribution in [0.15, 0.2) is 34.9 Å². The van der Waals surface area contributed by atoms with Gasteiger partial charge in [-0.3, -0.25) is 4.90 Å². The van der Waals surface area contributed by atoms with Crippen LogP contribution in [-0.4, -0.2) is 34.2 Å². The van der Waals surface area contributed by atoms with Crippen molar-refractivity contribution in [3.05, 3.63) is 47.6 Å². The van der Waals surface area contributed by atoms with Gasteiger partial charge in [0.2, 0.25) is 5.89 Å². The topological polar surface area (TPSA) is 54.2 Å². The SMILES string of the molecule is Cc1noc(CNC2CCCN(Cc3ccccc3)C2)n1. The van der Waals surface area contributed by atoms with Gasteiger partial charge in [-0.2, -0.15) is 4.98 Å². The van der Waals surface area contributed by atoms with E-state index in [4.69, 9.17) is 4.52 Å². The lowest BCUT2D eigenvalue weighted by molar-refractivity contribution is 0.180. The maximum absolute atomic E-state index is 5.14. The molecular formula is C16H22N4O. The Morgan fingerprint density at radius 2 is 2.19 bits per heavy atom. The summed E-state index contributed by atoms with van der Waals surface area (Å²) < 4.78 is 5.14. The average Bonchev–Trinajstić information content (AvgIpc) is 2.92. The molecule has 5 heteroatoms. The van der Waals surface area contributed by atoms with Gasteiger partial charge in [0.15, 0.2) is 5.82 Å². The number of nitrogens with one attached hydrogen (secondary N) is 1. The summed E-state index contributed by atoms with van der Waals surface area (Å²) in [5.74, 6) is 1.37. The summed E-state index contributed by atoms with van der Waals surface area (Å²) in [5.41, 5.74) is 1.38. The smallest absolute Gasteiger partial charge is 0.240 e. The summed E-state index contributed by atoms with van der Waals surface area (Å²) in [5, 5.41) is 7.34. The molecule has 0 bridgehead atoms. The molecule has 1 atom stereocenters. The molecule has 1 N–H and O–H groups in total. The monoisotopic (exact) mass is 286 g/mol. The number of hydrogen-bond acceptors (Lipinski definition) is 5. The molecule has 21 heavy (non-hydrogen) atoms. The van der Waals surface area contributed by atoms with Crippen molar-refractivity contribution in [2.24, 2.45) is 0 Å². The molecular weight excluding hydrogens is 264 g/mol. The molecule has 0 amide bonds. The quantitative estimate of drug-likeness (QED) is 0.912. The highest BCUT2D eigenvalue weighted by Crippen LogP contribution is 2.14. The zero-order chi connectivity index (χ0) is 14.5. The summed E-state index contributed by atoms with van der Waals surface area (Å²) in [6.07, 6.45) is 2.44. The van der Waals surface area contributed by atoms with E-state index < -0.39 is 0 Å². The largest absolute Gasteiger partial charge is 0.338 e. The van der Waals surface area contributed by atoms with Crippen molar-refractivity contribution < 1.29 is 4.52 Å². The molecule has 2 aromatic rings. The summed E-state index contributed by atoms with van der Waals surface area (Å²) in [6.45, 7) is 5.77. The van der Waals surface area contributed by atoms with E-state index in [1.54, 1.807) is 0 Å². The Kier molecular flexibility index (Phi) is 4.62. The predicted octanol–water partition coefficient (Wildman–Crippen LogP) is 2.13. The van der Waals surface area contributed by atoms with Gasteiger partial charge in [-0.05, 0) is 31.9 Å². The Hall–Kier alpha value is -1.72. The van der Waals surface area contributed by atoms with Crippen LogP contribution in [0.1, 0.15) is 30.1 Å². The molecule has 2 heterocycles. The van der Waals surface area contributed by atoms with Gasteiger partial charge >= 0.3 is 0 Å². The van der Waals surface area contributed by atoms with Crippen molar-refractivity contribution >= 4 is 0 Å². The normalized spacial score (nSPS) is 19.8. The Balaban J connectivity index is 1.49. The standard InChI is InChI=1S/C16H22N4O/c1-13-18-16(21-19-13)10-17-15-8-5-9-20(12-15)11-14-6-3-2-4-7-14/h2-4,6-7,15,17H,5,8-12H2,1H3. The molecule has 0 saturated carbocycles. The minimum Gasteiger partial charge on any atom is -0.338 e. The van der Waals surface area contributed by atoms with Crippen LogP contribution < -0.4 is 5.32 Å². The second-order valence-corrected chi connectivity index (χ2v) is 5.68. The first kappa shape index (κ1) is 14.2. The molecule has 1 aliphatic rings. The maximum atomic E-state index is 5.14. The highest BCUT2D eigenvalue weighted by molar-refractivity contribution is 5.14. The highest BCUT2D eigenvalue weighted by Gasteiger charge is 2.20. The number of rotatable bonds is 5. The Morgan fingerprint density at radius 3 is 2.95 bits per heavy atom. The van der Waals surface area contributed by atoms with Crippen molar-refractivity contribution in [2.45, 2.75) is 38.9 Å². The molecule has 3 rings (SSSR count). The van der Waals surface area contributed by atoms with Gasteiger partial charge in [0.1, 0.15) is 0 Å². The van der Waals surface area contributed by atoms with E-state index >= 15 is 0 Å². The van der Waals surface area contributed by atoms with Gasteiger partial charge in [-0.1, -0.05) is 35.5 Å². The molecule has 1 fully saturated rings. The van der Waals surface area contributed by atoms with Crippen LogP contribution in [0, 0.1) is 6.92 Å². The Labute approximate surface area is 125 Å². The van der Waals surface area contributed by atoms with Crippen LogP contribution in [0.5, 0.6) is 0 Å². The van der Waals surface area contributed by atoms with Crippen molar-refractivity contribution in [1.29, 1.82) is 0 Å². The van der Waals surface area contributed by atoms with Crippen LogP contribution in [0.4, 0.5) is 0 Å². The summed E-state index contributed by atoms with van der Waals surface area (Å²) in [6, 6.07) is 11.2. The zero-order valence-electron chi connectivity index (χ0n) is 12.5. The predicted molar refractivity (Wildman–Crippen MR) is 80.6 cm³/mol. The summed E-state index contributed by atoms with van der Waals surface area (Å²) in [7, 11) is 0. The third kappa shape index (κ3) is 4.12. The number of likely N-dealkylation sites (tertiary alicyclic amines) is 1. The molecule has 0 aliphatic carbocycles. The maximum Gasteiger partial charge on any atom is 0.240 e. The van der Waals surface area contributed by atoms with E-state index in [0.717, 1.165) is 13.1 Å². The number of hydrogen-bond donors (Lipinski definition) is 1. The molecule has 112 valence electrons. The van der Waals surface area contributed by atoms with E-state index in [2.05, 4.69) is 50.7 Å². The lowest BCUT2D eigenvalue weighted by Gasteiger charge is -2.33. The molecule has 5 nitrogen and oxygen atoms in total. The van der Waals surface area contributed by atoms with Gasteiger partial charge in [-0.15, -0.1) is 0 Å². The number of aromatic nitrogens is 2. The molecule has 0 spiro atoms. The minimum atomic E-state index is 0.495. The second-order valence-electron chi connectivity index (χ2n) is 5.68. The average molecular weight is 286 g/mol. The molecule has 1 aromatic carbocycles. The van der Waals surface area contributed by atoms with Gasteiger partial charge in [-0.25, -0.2) is 0 Å². The number of nitrogens with zero attached hydrogens (tertiary/aromatic N) is 3. The molecule has 1 aromatic heterocycles. The minimum absolute atomic E-state index is 0.495. The number of aryl methyl sites for hydroxylation is 1. The van der Waals surface area contributed by atoms with Crippen molar-refractivity contribution in [1.82, 2.24) is 20.4 Å². The van der Waals surface area contributed by atoms with Crippen LogP contribution in [0.3, 0.4) is 0 Å². The van der Waals surface area contributed by atoms with E-state index in [9.17, 15) is 0 Å².